The maximum absolute atomic E-state index is 5.63. The van der Waals surface area contributed by atoms with Gasteiger partial charge in [-0.3, -0.25) is 0 Å². The Morgan fingerprint density at radius 3 is 2.31 bits per heavy atom. The van der Waals surface area contributed by atoms with Crippen LogP contribution in [0.1, 0.15) is 17.5 Å². The van der Waals surface area contributed by atoms with E-state index in [1.54, 1.807) is 0 Å². The van der Waals surface area contributed by atoms with Gasteiger partial charge in [0.25, 0.3) is 0 Å². The summed E-state index contributed by atoms with van der Waals surface area (Å²) in [6.45, 7) is 1.91. The van der Waals surface area contributed by atoms with Gasteiger partial charge >= 0.3 is 0 Å². The van der Waals surface area contributed by atoms with Crippen molar-refractivity contribution in [2.75, 3.05) is 13.6 Å². The Morgan fingerprint density at radius 2 is 1.52 bits per heavy atom. The van der Waals surface area contributed by atoms with Crippen LogP contribution in [0.5, 0.6) is 0 Å². The second-order valence-corrected chi connectivity index (χ2v) is 7.17. The minimum Gasteiger partial charge on any atom is -0.464 e. The Bertz CT molecular complexity index is 1050. The summed E-state index contributed by atoms with van der Waals surface area (Å²) in [5, 5.41) is 1.21. The molecule has 0 radical (unpaired) electrons. The number of nitrogens with zero attached hydrogens (tertiary/aromatic N) is 1. The number of halogens is 1. The number of hydrogen-bond donors (Lipinski definition) is 0. The maximum atomic E-state index is 5.63. The molecule has 0 fully saturated rings. The number of hydrogen-bond acceptors (Lipinski definition) is 2. The number of rotatable bonds is 7. The minimum absolute atomic E-state index is 0. The van der Waals surface area contributed by atoms with E-state index >= 15 is 0 Å². The third-order valence-corrected chi connectivity index (χ3v) is 5.01. The number of furan rings is 1. The van der Waals surface area contributed by atoms with Crippen molar-refractivity contribution in [1.82, 2.24) is 4.90 Å². The summed E-state index contributed by atoms with van der Waals surface area (Å²) in [4.78, 5) is 2.33. The molecule has 0 N–H and O–H groups in total. The van der Waals surface area contributed by atoms with E-state index in [0.717, 1.165) is 25.1 Å². The average molecular weight is 404 g/mol. The summed E-state index contributed by atoms with van der Waals surface area (Å²) in [6, 6.07) is 27.4. The number of para-hydroxylation sites is 1. The molecule has 1 aromatic heterocycles. The summed E-state index contributed by atoms with van der Waals surface area (Å²) in [5.74, 6) is 0. The lowest BCUT2D eigenvalue weighted by Gasteiger charge is -2.14. The standard InChI is InChI=1S/C26H25NO.ClH/c1-27(19-24-20-28-26-13-6-5-12-25(24)26)18-8-7-9-21-14-16-23(17-15-21)22-10-3-2-4-11-22;/h2-7,9-17,20H,8,18-19H2,1H3;1H/b9-7+;. The molecule has 0 aliphatic rings. The van der Waals surface area contributed by atoms with Crippen LogP contribution in [0.3, 0.4) is 0 Å². The molecular weight excluding hydrogens is 378 g/mol. The van der Waals surface area contributed by atoms with Gasteiger partial charge in [0.15, 0.2) is 0 Å². The first-order valence-corrected chi connectivity index (χ1v) is 9.75. The molecule has 4 aromatic rings. The van der Waals surface area contributed by atoms with Crippen LogP contribution in [0.15, 0.2) is 95.6 Å². The van der Waals surface area contributed by atoms with Gasteiger partial charge in [-0.25, -0.2) is 0 Å². The molecule has 29 heavy (non-hydrogen) atoms. The second kappa shape index (κ2) is 10.1. The van der Waals surface area contributed by atoms with Gasteiger partial charge in [-0.05, 0) is 36.2 Å². The Balaban J connectivity index is 0.00000240. The van der Waals surface area contributed by atoms with Crippen molar-refractivity contribution in [2.24, 2.45) is 0 Å². The molecule has 0 amide bonds. The van der Waals surface area contributed by atoms with Crippen LogP contribution in [0.25, 0.3) is 28.2 Å². The smallest absolute Gasteiger partial charge is 0.134 e. The molecule has 0 bridgehead atoms. The zero-order valence-electron chi connectivity index (χ0n) is 16.6. The molecule has 2 nitrogen and oxygen atoms in total. The van der Waals surface area contributed by atoms with E-state index in [0.29, 0.717) is 0 Å². The quantitative estimate of drug-likeness (QED) is 0.328. The summed E-state index contributed by atoms with van der Waals surface area (Å²) < 4.78 is 5.63. The molecule has 0 unspecified atom stereocenters. The highest BCUT2D eigenvalue weighted by Crippen LogP contribution is 2.22. The molecule has 1 heterocycles. The van der Waals surface area contributed by atoms with Crippen LogP contribution in [0, 0.1) is 0 Å². The van der Waals surface area contributed by atoms with Crippen molar-refractivity contribution in [2.45, 2.75) is 13.0 Å². The van der Waals surface area contributed by atoms with Crippen molar-refractivity contribution >= 4 is 29.5 Å². The zero-order valence-corrected chi connectivity index (χ0v) is 17.4. The van der Waals surface area contributed by atoms with Gasteiger partial charge in [-0.1, -0.05) is 84.9 Å². The third kappa shape index (κ3) is 5.38. The van der Waals surface area contributed by atoms with Gasteiger partial charge in [0, 0.05) is 24.0 Å². The fourth-order valence-electron chi connectivity index (χ4n) is 3.46. The predicted molar refractivity (Wildman–Crippen MR) is 125 cm³/mol. The summed E-state index contributed by atoms with van der Waals surface area (Å²) in [5.41, 5.74) is 5.96. The monoisotopic (exact) mass is 403 g/mol. The van der Waals surface area contributed by atoms with Crippen molar-refractivity contribution < 1.29 is 4.42 Å². The fourth-order valence-corrected chi connectivity index (χ4v) is 3.46. The Hall–Kier alpha value is -2.81. The molecule has 0 aliphatic heterocycles. The zero-order chi connectivity index (χ0) is 19.2. The predicted octanol–water partition coefficient (Wildman–Crippen LogP) is 7.06. The highest BCUT2D eigenvalue weighted by molar-refractivity contribution is 5.85. The van der Waals surface area contributed by atoms with Crippen LogP contribution < -0.4 is 0 Å². The molecular formula is C26H26ClNO. The summed E-state index contributed by atoms with van der Waals surface area (Å²) >= 11 is 0. The molecule has 3 aromatic carbocycles. The first kappa shape index (κ1) is 20.9. The molecule has 4 rings (SSSR count). The van der Waals surface area contributed by atoms with Gasteiger partial charge in [-0.2, -0.15) is 0 Å². The highest BCUT2D eigenvalue weighted by Gasteiger charge is 2.07. The first-order valence-electron chi connectivity index (χ1n) is 9.75. The van der Waals surface area contributed by atoms with Crippen molar-refractivity contribution in [3.63, 3.8) is 0 Å². The minimum atomic E-state index is 0. The van der Waals surface area contributed by atoms with E-state index in [-0.39, 0.29) is 12.4 Å². The van der Waals surface area contributed by atoms with Gasteiger partial charge in [-0.15, -0.1) is 12.4 Å². The van der Waals surface area contributed by atoms with Crippen molar-refractivity contribution in [1.29, 1.82) is 0 Å². The number of fused-ring (bicyclic) bond motifs is 1. The Kier molecular flexibility index (Phi) is 7.29. The largest absolute Gasteiger partial charge is 0.464 e. The van der Waals surface area contributed by atoms with Crippen LogP contribution in [-0.2, 0) is 6.54 Å². The molecule has 148 valence electrons. The van der Waals surface area contributed by atoms with Crippen molar-refractivity contribution in [3.8, 4) is 11.1 Å². The molecule has 0 saturated heterocycles. The molecule has 0 spiro atoms. The second-order valence-electron chi connectivity index (χ2n) is 7.17. The average Bonchev–Trinajstić information content (AvgIpc) is 3.15. The molecule has 0 aliphatic carbocycles. The lowest BCUT2D eigenvalue weighted by atomic mass is 10.0. The van der Waals surface area contributed by atoms with E-state index < -0.39 is 0 Å². The Morgan fingerprint density at radius 1 is 0.828 bits per heavy atom. The highest BCUT2D eigenvalue weighted by atomic mass is 35.5. The van der Waals surface area contributed by atoms with Crippen LogP contribution in [-0.4, -0.2) is 18.5 Å². The van der Waals surface area contributed by atoms with Crippen LogP contribution in [0.2, 0.25) is 0 Å². The van der Waals surface area contributed by atoms with Crippen LogP contribution >= 0.6 is 12.4 Å². The fraction of sp³-hybridized carbons (Fsp3) is 0.154. The summed E-state index contributed by atoms with van der Waals surface area (Å²) in [7, 11) is 2.16. The van der Waals surface area contributed by atoms with Crippen molar-refractivity contribution in [3.05, 3.63) is 102 Å². The molecule has 3 heteroatoms. The maximum Gasteiger partial charge on any atom is 0.134 e. The third-order valence-electron chi connectivity index (χ3n) is 5.01. The SMILES string of the molecule is CN(CC/C=C/c1ccc(-c2ccccc2)cc1)Cc1coc2ccccc12.Cl. The molecule has 0 saturated carbocycles. The van der Waals surface area contributed by atoms with Gasteiger partial charge in [0.2, 0.25) is 0 Å². The van der Waals surface area contributed by atoms with E-state index in [9.17, 15) is 0 Å². The van der Waals surface area contributed by atoms with E-state index in [1.165, 1.54) is 27.6 Å². The normalized spacial score (nSPS) is 11.2. The lowest BCUT2D eigenvalue weighted by molar-refractivity contribution is 0.333. The van der Waals surface area contributed by atoms with Crippen LogP contribution in [0.4, 0.5) is 0 Å². The number of benzene rings is 3. The Labute approximate surface area is 178 Å². The van der Waals surface area contributed by atoms with E-state index in [2.05, 4.69) is 84.8 Å². The van der Waals surface area contributed by atoms with Gasteiger partial charge < -0.3 is 9.32 Å². The van der Waals surface area contributed by atoms with E-state index in [1.807, 2.05) is 24.5 Å². The summed E-state index contributed by atoms with van der Waals surface area (Å²) in [6.07, 6.45) is 7.36. The molecule has 0 atom stereocenters. The van der Waals surface area contributed by atoms with E-state index in [4.69, 9.17) is 4.42 Å². The van der Waals surface area contributed by atoms with Gasteiger partial charge in [0.1, 0.15) is 5.58 Å². The first-order chi connectivity index (χ1) is 13.8. The topological polar surface area (TPSA) is 16.4 Å². The van der Waals surface area contributed by atoms with Gasteiger partial charge in [0.05, 0.1) is 6.26 Å². The lowest BCUT2D eigenvalue weighted by Crippen LogP contribution is -2.18.